The van der Waals surface area contributed by atoms with Crippen molar-refractivity contribution in [3.05, 3.63) is 124 Å². The zero-order chi connectivity index (χ0) is 33.3. The molecule has 4 aromatic carbocycles. The number of carbonyl (C=O) groups excluding carboxylic acids is 2. The van der Waals surface area contributed by atoms with Gasteiger partial charge in [0, 0.05) is 28.5 Å². The molecule has 0 radical (unpaired) electrons. The van der Waals surface area contributed by atoms with Crippen molar-refractivity contribution in [3.63, 3.8) is 0 Å². The normalized spacial score (nSPS) is 12.5. The largest absolute Gasteiger partial charge is 0.495 e. The Labute approximate surface area is 284 Å². The number of sulfonamides is 1. The molecule has 2 atom stereocenters. The van der Waals surface area contributed by atoms with Gasteiger partial charge in [-0.3, -0.25) is 13.9 Å². The van der Waals surface area contributed by atoms with Gasteiger partial charge in [-0.25, -0.2) is 8.42 Å². The maximum Gasteiger partial charge on any atom is 0.264 e. The zero-order valence-electron chi connectivity index (χ0n) is 25.9. The van der Waals surface area contributed by atoms with Crippen LogP contribution in [0.1, 0.15) is 31.4 Å². The molecule has 0 spiro atoms. The van der Waals surface area contributed by atoms with Crippen LogP contribution >= 0.6 is 27.5 Å². The maximum atomic E-state index is 14.6. The molecule has 242 valence electrons. The van der Waals surface area contributed by atoms with Crippen LogP contribution in [-0.4, -0.2) is 50.9 Å². The van der Waals surface area contributed by atoms with E-state index in [2.05, 4.69) is 21.2 Å². The molecule has 0 saturated carbocycles. The summed E-state index contributed by atoms with van der Waals surface area (Å²) in [5, 5.41) is 3.30. The Kier molecular flexibility index (Phi) is 12.3. The molecule has 0 bridgehead atoms. The van der Waals surface area contributed by atoms with Crippen LogP contribution in [0.15, 0.2) is 112 Å². The van der Waals surface area contributed by atoms with Gasteiger partial charge in [-0.15, -0.1) is 0 Å². The predicted molar refractivity (Wildman–Crippen MR) is 185 cm³/mol. The van der Waals surface area contributed by atoms with Crippen molar-refractivity contribution in [1.29, 1.82) is 0 Å². The van der Waals surface area contributed by atoms with Crippen LogP contribution in [0.5, 0.6) is 5.75 Å². The molecule has 8 nitrogen and oxygen atoms in total. The molecule has 0 aliphatic heterocycles. The highest BCUT2D eigenvalue weighted by atomic mass is 79.9. The minimum atomic E-state index is -4.30. The van der Waals surface area contributed by atoms with E-state index in [9.17, 15) is 18.0 Å². The number of methoxy groups -OCH3 is 1. The number of hydrogen-bond donors (Lipinski definition) is 1. The summed E-state index contributed by atoms with van der Waals surface area (Å²) in [5.41, 5.74) is 1.71. The van der Waals surface area contributed by atoms with Crippen LogP contribution in [0.3, 0.4) is 0 Å². The van der Waals surface area contributed by atoms with E-state index >= 15 is 0 Å². The monoisotopic (exact) mass is 725 g/mol. The van der Waals surface area contributed by atoms with Gasteiger partial charge in [-0.05, 0) is 66.9 Å². The highest BCUT2D eigenvalue weighted by molar-refractivity contribution is 9.10. The van der Waals surface area contributed by atoms with Crippen molar-refractivity contribution in [2.45, 2.75) is 50.2 Å². The lowest BCUT2D eigenvalue weighted by Gasteiger charge is -2.34. The third-order valence-corrected chi connectivity index (χ3v) is 10.0. The standard InChI is InChI=1S/C35H37BrClN3O5S/c1-4-25(2)38-35(42)32(21-26-12-7-5-8-13-26)39(23-27-14-11-15-28(36)20-27)34(41)24-40(31-22-29(37)18-19-33(31)45-3)46(43,44)30-16-9-6-10-17-30/h5-20,22,25,32H,4,21,23-24H2,1-3H3,(H,38,42)/t25-,32+/m0/s1. The van der Waals surface area contributed by atoms with Crippen molar-refractivity contribution in [2.24, 2.45) is 0 Å². The average molecular weight is 727 g/mol. The van der Waals surface area contributed by atoms with Crippen LogP contribution in [0.25, 0.3) is 0 Å². The number of hydrogen-bond acceptors (Lipinski definition) is 5. The van der Waals surface area contributed by atoms with E-state index in [1.165, 1.54) is 30.2 Å². The van der Waals surface area contributed by atoms with E-state index in [1.807, 2.05) is 68.4 Å². The van der Waals surface area contributed by atoms with Crippen LogP contribution in [0.2, 0.25) is 5.02 Å². The van der Waals surface area contributed by atoms with Gasteiger partial charge in [0.15, 0.2) is 0 Å². The Balaban J connectivity index is 1.85. The highest BCUT2D eigenvalue weighted by Gasteiger charge is 2.36. The summed E-state index contributed by atoms with van der Waals surface area (Å²) < 4.78 is 35.8. The van der Waals surface area contributed by atoms with Gasteiger partial charge in [-0.2, -0.15) is 0 Å². The lowest BCUT2D eigenvalue weighted by Crippen LogP contribution is -2.54. The van der Waals surface area contributed by atoms with Gasteiger partial charge in [0.25, 0.3) is 10.0 Å². The SMILES string of the molecule is CC[C@H](C)NC(=O)[C@@H](Cc1ccccc1)N(Cc1cccc(Br)c1)C(=O)CN(c1cc(Cl)ccc1OC)S(=O)(=O)c1ccccc1. The Morgan fingerprint density at radius 1 is 0.913 bits per heavy atom. The van der Waals surface area contributed by atoms with Crippen molar-refractivity contribution in [1.82, 2.24) is 10.2 Å². The van der Waals surface area contributed by atoms with E-state index in [4.69, 9.17) is 16.3 Å². The molecule has 0 fully saturated rings. The Morgan fingerprint density at radius 3 is 2.20 bits per heavy atom. The molecule has 0 aromatic heterocycles. The number of nitrogens with zero attached hydrogens (tertiary/aromatic N) is 2. The molecular formula is C35H37BrClN3O5S. The topological polar surface area (TPSA) is 96.0 Å². The molecule has 46 heavy (non-hydrogen) atoms. The number of rotatable bonds is 14. The van der Waals surface area contributed by atoms with Crippen molar-refractivity contribution in [2.75, 3.05) is 18.0 Å². The van der Waals surface area contributed by atoms with Crippen LogP contribution < -0.4 is 14.4 Å². The number of benzene rings is 4. The Morgan fingerprint density at radius 2 is 1.57 bits per heavy atom. The molecule has 11 heteroatoms. The number of ether oxygens (including phenoxy) is 1. The maximum absolute atomic E-state index is 14.6. The summed E-state index contributed by atoms with van der Waals surface area (Å²) >= 11 is 9.85. The summed E-state index contributed by atoms with van der Waals surface area (Å²) in [6.07, 6.45) is 0.913. The quantitative estimate of drug-likeness (QED) is 0.153. The van der Waals surface area contributed by atoms with Gasteiger partial charge in [0.05, 0.1) is 17.7 Å². The third kappa shape index (κ3) is 8.90. The summed E-state index contributed by atoms with van der Waals surface area (Å²) in [7, 11) is -2.89. The summed E-state index contributed by atoms with van der Waals surface area (Å²) in [6.45, 7) is 3.29. The molecule has 1 N–H and O–H groups in total. The first kappa shape index (κ1) is 35.0. The number of halogens is 2. The lowest BCUT2D eigenvalue weighted by atomic mass is 10.0. The van der Waals surface area contributed by atoms with Gasteiger partial charge in [0.2, 0.25) is 11.8 Å². The molecule has 0 unspecified atom stereocenters. The smallest absolute Gasteiger partial charge is 0.264 e. The van der Waals surface area contributed by atoms with Crippen molar-refractivity contribution < 1.29 is 22.7 Å². The second-order valence-electron chi connectivity index (χ2n) is 10.8. The van der Waals surface area contributed by atoms with Gasteiger partial charge < -0.3 is 15.0 Å². The minimum Gasteiger partial charge on any atom is -0.495 e. The van der Waals surface area contributed by atoms with E-state index in [1.54, 1.807) is 30.3 Å². The van der Waals surface area contributed by atoms with Crippen LogP contribution in [0, 0.1) is 0 Å². The van der Waals surface area contributed by atoms with E-state index in [0.29, 0.717) is 6.42 Å². The van der Waals surface area contributed by atoms with Crippen LogP contribution in [-0.2, 0) is 32.6 Å². The molecule has 4 aromatic rings. The number of amides is 2. The summed E-state index contributed by atoms with van der Waals surface area (Å²) in [6, 6.07) is 28.2. The number of nitrogens with one attached hydrogen (secondary N) is 1. The molecular weight excluding hydrogens is 690 g/mol. The molecule has 0 saturated heterocycles. The van der Waals surface area contributed by atoms with E-state index in [-0.39, 0.29) is 46.3 Å². The average Bonchev–Trinajstić information content (AvgIpc) is 3.05. The first-order chi connectivity index (χ1) is 22.0. The van der Waals surface area contributed by atoms with E-state index < -0.39 is 28.5 Å². The van der Waals surface area contributed by atoms with Gasteiger partial charge >= 0.3 is 0 Å². The molecule has 0 heterocycles. The van der Waals surface area contributed by atoms with E-state index in [0.717, 1.165) is 19.9 Å². The minimum absolute atomic E-state index is 0.0151. The fourth-order valence-electron chi connectivity index (χ4n) is 4.92. The second-order valence-corrected chi connectivity index (χ2v) is 14.0. The number of carbonyl (C=O) groups is 2. The fourth-order valence-corrected chi connectivity index (χ4v) is 6.97. The predicted octanol–water partition coefficient (Wildman–Crippen LogP) is 6.86. The highest BCUT2D eigenvalue weighted by Crippen LogP contribution is 2.35. The Hall–Kier alpha value is -3.86. The summed E-state index contributed by atoms with van der Waals surface area (Å²) in [5.74, 6) is -0.702. The van der Waals surface area contributed by atoms with Crippen LogP contribution in [0.4, 0.5) is 5.69 Å². The third-order valence-electron chi connectivity index (χ3n) is 7.53. The molecule has 4 rings (SSSR count). The Bertz CT molecular complexity index is 1740. The van der Waals surface area contributed by atoms with Gasteiger partial charge in [-0.1, -0.05) is 95.1 Å². The fraction of sp³-hybridized carbons (Fsp3) is 0.257. The first-order valence-electron chi connectivity index (χ1n) is 14.8. The zero-order valence-corrected chi connectivity index (χ0v) is 29.1. The van der Waals surface area contributed by atoms with Crippen molar-refractivity contribution >= 4 is 55.1 Å². The summed E-state index contributed by atoms with van der Waals surface area (Å²) in [4.78, 5) is 30.0. The van der Waals surface area contributed by atoms with Gasteiger partial charge in [0.1, 0.15) is 18.3 Å². The molecule has 2 amide bonds. The lowest BCUT2D eigenvalue weighted by molar-refractivity contribution is -0.140. The second kappa shape index (κ2) is 16.1. The number of anilines is 1. The molecule has 0 aliphatic carbocycles. The molecule has 0 aliphatic rings. The van der Waals surface area contributed by atoms with Crippen molar-refractivity contribution in [3.8, 4) is 5.75 Å². The first-order valence-corrected chi connectivity index (χ1v) is 17.4.